The average Bonchev–Trinajstić information content (AvgIpc) is 2.41. The van der Waals surface area contributed by atoms with Crippen LogP contribution >= 0.6 is 0 Å². The van der Waals surface area contributed by atoms with Crippen molar-refractivity contribution in [1.29, 1.82) is 0 Å². The van der Waals surface area contributed by atoms with Gasteiger partial charge in [-0.15, -0.1) is 0 Å². The van der Waals surface area contributed by atoms with E-state index in [1.54, 1.807) is 45.0 Å². The highest BCUT2D eigenvalue weighted by Gasteiger charge is 2.26. The Morgan fingerprint density at radius 2 is 1.82 bits per heavy atom. The second-order valence-corrected chi connectivity index (χ2v) is 6.03. The van der Waals surface area contributed by atoms with Gasteiger partial charge < -0.3 is 20.3 Å². The lowest BCUT2D eigenvalue weighted by molar-refractivity contribution is -0.137. The number of carboxylic acid groups (broad SMARTS) is 1. The lowest BCUT2D eigenvalue weighted by Crippen LogP contribution is -2.39. The van der Waals surface area contributed by atoms with Crippen LogP contribution < -0.4 is 5.32 Å². The van der Waals surface area contributed by atoms with Crippen molar-refractivity contribution in [3.8, 4) is 0 Å². The van der Waals surface area contributed by atoms with E-state index in [0.29, 0.717) is 5.56 Å². The van der Waals surface area contributed by atoms with E-state index in [9.17, 15) is 14.7 Å². The highest BCUT2D eigenvalue weighted by molar-refractivity contribution is 5.69. The van der Waals surface area contributed by atoms with Crippen molar-refractivity contribution in [2.24, 2.45) is 0 Å². The molecule has 3 N–H and O–H groups in total. The van der Waals surface area contributed by atoms with Gasteiger partial charge in [0.05, 0.1) is 12.1 Å². The largest absolute Gasteiger partial charge is 0.481 e. The number of carbonyl (C=O) groups excluding carboxylic acids is 1. The van der Waals surface area contributed by atoms with Crippen LogP contribution in [-0.4, -0.2) is 34.0 Å². The van der Waals surface area contributed by atoms with Crippen molar-refractivity contribution < 1.29 is 24.5 Å². The van der Waals surface area contributed by atoms with Crippen LogP contribution in [0.1, 0.15) is 45.2 Å². The standard InChI is InChI=1S/C16H23NO5/c1-16(2,3)22-15(21)17-14(11-7-5-4-6-8-11)12(18)9-10-13(19)20/h4-8,12,14,18H,9-10H2,1-3H3,(H,17,21)(H,19,20). The van der Waals surface area contributed by atoms with Gasteiger partial charge in [0.2, 0.25) is 0 Å². The Bertz CT molecular complexity index is 495. The van der Waals surface area contributed by atoms with Crippen molar-refractivity contribution in [3.05, 3.63) is 35.9 Å². The second kappa shape index (κ2) is 7.79. The van der Waals surface area contributed by atoms with E-state index in [4.69, 9.17) is 9.84 Å². The Morgan fingerprint density at radius 1 is 1.23 bits per heavy atom. The fourth-order valence-corrected chi connectivity index (χ4v) is 1.93. The van der Waals surface area contributed by atoms with Crippen molar-refractivity contribution in [1.82, 2.24) is 5.32 Å². The van der Waals surface area contributed by atoms with Crippen LogP contribution in [0.4, 0.5) is 4.79 Å². The van der Waals surface area contributed by atoms with E-state index >= 15 is 0 Å². The van der Waals surface area contributed by atoms with Gasteiger partial charge in [-0.2, -0.15) is 0 Å². The number of alkyl carbamates (subject to hydrolysis) is 1. The highest BCUT2D eigenvalue weighted by Crippen LogP contribution is 2.21. The smallest absolute Gasteiger partial charge is 0.408 e. The number of hydrogen-bond acceptors (Lipinski definition) is 4. The van der Waals surface area contributed by atoms with E-state index in [1.807, 2.05) is 6.07 Å². The third kappa shape index (κ3) is 6.58. The van der Waals surface area contributed by atoms with Gasteiger partial charge in [0, 0.05) is 6.42 Å². The summed E-state index contributed by atoms with van der Waals surface area (Å²) in [7, 11) is 0. The van der Waals surface area contributed by atoms with Crippen LogP contribution in [-0.2, 0) is 9.53 Å². The summed E-state index contributed by atoms with van der Waals surface area (Å²) in [4.78, 5) is 22.6. The lowest BCUT2D eigenvalue weighted by Gasteiger charge is -2.27. The summed E-state index contributed by atoms with van der Waals surface area (Å²) in [6, 6.07) is 8.16. The molecule has 0 aliphatic heterocycles. The van der Waals surface area contributed by atoms with Gasteiger partial charge in [0.1, 0.15) is 5.60 Å². The average molecular weight is 309 g/mol. The number of rotatable bonds is 6. The Balaban J connectivity index is 2.83. The zero-order chi connectivity index (χ0) is 16.8. The zero-order valence-corrected chi connectivity index (χ0v) is 13.1. The fourth-order valence-electron chi connectivity index (χ4n) is 1.93. The van der Waals surface area contributed by atoms with E-state index in [1.165, 1.54) is 0 Å². The van der Waals surface area contributed by atoms with Gasteiger partial charge >= 0.3 is 12.1 Å². The number of ether oxygens (including phenoxy) is 1. The molecule has 1 aromatic rings. The number of aliphatic carboxylic acids is 1. The van der Waals surface area contributed by atoms with Gasteiger partial charge in [-0.05, 0) is 32.8 Å². The summed E-state index contributed by atoms with van der Waals surface area (Å²) in [6.07, 6.45) is -1.83. The van der Waals surface area contributed by atoms with Gasteiger partial charge in [-0.1, -0.05) is 30.3 Å². The predicted molar refractivity (Wildman–Crippen MR) is 81.4 cm³/mol. The number of carbonyl (C=O) groups is 2. The summed E-state index contributed by atoms with van der Waals surface area (Å²) in [6.45, 7) is 5.22. The lowest BCUT2D eigenvalue weighted by atomic mass is 9.98. The molecule has 0 saturated heterocycles. The summed E-state index contributed by atoms with van der Waals surface area (Å²) in [5, 5.41) is 21.6. The minimum absolute atomic E-state index is 0.0324. The molecular weight excluding hydrogens is 286 g/mol. The van der Waals surface area contributed by atoms with Crippen molar-refractivity contribution >= 4 is 12.1 Å². The Kier molecular flexibility index (Phi) is 6.37. The maximum absolute atomic E-state index is 11.9. The number of hydrogen-bond donors (Lipinski definition) is 3. The minimum atomic E-state index is -1.02. The molecule has 2 unspecified atom stereocenters. The summed E-state index contributed by atoms with van der Waals surface area (Å²) >= 11 is 0. The predicted octanol–water partition coefficient (Wildman–Crippen LogP) is 2.48. The first-order valence-electron chi connectivity index (χ1n) is 7.13. The Labute approximate surface area is 130 Å². The number of amides is 1. The SMILES string of the molecule is CC(C)(C)OC(=O)NC(c1ccccc1)C(O)CCC(=O)O. The maximum Gasteiger partial charge on any atom is 0.408 e. The van der Waals surface area contributed by atoms with Crippen LogP contribution in [0.25, 0.3) is 0 Å². The van der Waals surface area contributed by atoms with Crippen LogP contribution in [0.5, 0.6) is 0 Å². The van der Waals surface area contributed by atoms with Gasteiger partial charge in [-0.25, -0.2) is 4.79 Å². The molecule has 0 heterocycles. The first kappa shape index (κ1) is 18.0. The molecule has 6 nitrogen and oxygen atoms in total. The molecule has 0 fully saturated rings. The maximum atomic E-state index is 11.9. The molecule has 0 saturated carbocycles. The molecule has 1 aromatic carbocycles. The van der Waals surface area contributed by atoms with Crippen molar-refractivity contribution in [3.63, 3.8) is 0 Å². The molecule has 6 heteroatoms. The number of nitrogens with one attached hydrogen (secondary N) is 1. The van der Waals surface area contributed by atoms with Crippen LogP contribution in [0, 0.1) is 0 Å². The number of carboxylic acids is 1. The zero-order valence-electron chi connectivity index (χ0n) is 13.1. The van der Waals surface area contributed by atoms with Gasteiger partial charge in [-0.3, -0.25) is 4.79 Å². The molecule has 122 valence electrons. The highest BCUT2D eigenvalue weighted by atomic mass is 16.6. The molecule has 0 aliphatic rings. The molecule has 0 spiro atoms. The van der Waals surface area contributed by atoms with Crippen molar-refractivity contribution in [2.75, 3.05) is 0 Å². The molecule has 0 bridgehead atoms. The van der Waals surface area contributed by atoms with E-state index < -0.39 is 29.8 Å². The monoisotopic (exact) mass is 309 g/mol. The molecule has 2 atom stereocenters. The topological polar surface area (TPSA) is 95.9 Å². The van der Waals surface area contributed by atoms with E-state index in [0.717, 1.165) is 0 Å². The normalized spacial score (nSPS) is 14.0. The third-order valence-electron chi connectivity index (χ3n) is 2.87. The molecule has 0 aromatic heterocycles. The summed E-state index contributed by atoms with van der Waals surface area (Å²) < 4.78 is 5.19. The van der Waals surface area contributed by atoms with Gasteiger partial charge in [0.15, 0.2) is 0 Å². The first-order chi connectivity index (χ1) is 10.2. The molecule has 1 amide bonds. The first-order valence-corrected chi connectivity index (χ1v) is 7.13. The van der Waals surface area contributed by atoms with Gasteiger partial charge in [0.25, 0.3) is 0 Å². The van der Waals surface area contributed by atoms with Crippen LogP contribution in [0.2, 0.25) is 0 Å². The summed E-state index contributed by atoms with van der Waals surface area (Å²) in [5.41, 5.74) is 0.0309. The minimum Gasteiger partial charge on any atom is -0.481 e. The fraction of sp³-hybridized carbons (Fsp3) is 0.500. The quantitative estimate of drug-likeness (QED) is 0.750. The number of benzene rings is 1. The van der Waals surface area contributed by atoms with Crippen LogP contribution in [0.3, 0.4) is 0 Å². The van der Waals surface area contributed by atoms with E-state index in [-0.39, 0.29) is 12.8 Å². The molecule has 0 radical (unpaired) electrons. The Morgan fingerprint density at radius 3 is 2.32 bits per heavy atom. The number of aliphatic hydroxyl groups excluding tert-OH is 1. The summed E-state index contributed by atoms with van der Waals surface area (Å²) in [5.74, 6) is -0.997. The number of aliphatic hydroxyl groups is 1. The molecular formula is C16H23NO5. The Hall–Kier alpha value is -2.08. The van der Waals surface area contributed by atoms with Crippen LogP contribution in [0.15, 0.2) is 30.3 Å². The van der Waals surface area contributed by atoms with E-state index in [2.05, 4.69) is 5.32 Å². The molecule has 1 rings (SSSR count). The molecule has 0 aliphatic carbocycles. The second-order valence-electron chi connectivity index (χ2n) is 6.03. The molecule has 22 heavy (non-hydrogen) atoms. The third-order valence-corrected chi connectivity index (χ3v) is 2.87. The van der Waals surface area contributed by atoms with Crippen molar-refractivity contribution in [2.45, 2.75) is 51.4 Å².